The number of esters is 1. The Morgan fingerprint density at radius 1 is 0.973 bits per heavy atom. The molecule has 0 aliphatic heterocycles. The molecule has 2 aromatic heterocycles. The van der Waals surface area contributed by atoms with E-state index in [0.717, 1.165) is 22.3 Å². The molecule has 0 bridgehead atoms. The van der Waals surface area contributed by atoms with Gasteiger partial charge < -0.3 is 9.47 Å². The molecule has 37 heavy (non-hydrogen) atoms. The molecule has 2 heterocycles. The second-order valence-corrected chi connectivity index (χ2v) is 9.57. The fourth-order valence-electron chi connectivity index (χ4n) is 4.23. The minimum atomic E-state index is -0.611. The molecule has 0 aliphatic rings. The van der Waals surface area contributed by atoms with Gasteiger partial charge in [-0.2, -0.15) is 10.2 Å². The van der Waals surface area contributed by atoms with Crippen molar-refractivity contribution in [3.8, 4) is 28.5 Å². The van der Waals surface area contributed by atoms with E-state index in [1.54, 1.807) is 6.07 Å². The third-order valence-electron chi connectivity index (χ3n) is 5.74. The van der Waals surface area contributed by atoms with Gasteiger partial charge in [0.25, 0.3) is 6.01 Å². The Morgan fingerprint density at radius 3 is 2.41 bits per heavy atom. The molecule has 9 heteroatoms. The highest BCUT2D eigenvalue weighted by Gasteiger charge is 2.24. The van der Waals surface area contributed by atoms with Crippen molar-refractivity contribution in [2.24, 2.45) is 0 Å². The third-order valence-corrected chi connectivity index (χ3v) is 5.74. The highest BCUT2D eigenvalue weighted by atomic mass is 16.6. The van der Waals surface area contributed by atoms with Crippen LogP contribution < -0.4 is 4.74 Å². The topological polar surface area (TPSA) is 108 Å². The van der Waals surface area contributed by atoms with Crippen molar-refractivity contribution in [1.82, 2.24) is 30.2 Å². The number of hydrogen-bond donors (Lipinski definition) is 1. The normalized spacial score (nSPS) is 11.6. The highest BCUT2D eigenvalue weighted by molar-refractivity contribution is 6.02. The number of imidazole rings is 1. The van der Waals surface area contributed by atoms with E-state index < -0.39 is 11.6 Å². The lowest BCUT2D eigenvalue weighted by Crippen LogP contribution is -2.24. The Balaban J connectivity index is 1.52. The average molecular weight is 497 g/mol. The number of carbonyl (C=O) groups excluding carboxylic acids is 1. The summed E-state index contributed by atoms with van der Waals surface area (Å²) in [6.45, 7) is 8.40. The largest absolute Gasteiger partial charge is 0.465 e. The van der Waals surface area contributed by atoms with Crippen LogP contribution in [0.3, 0.4) is 0 Å². The quantitative estimate of drug-likeness (QED) is 0.305. The van der Waals surface area contributed by atoms with E-state index in [2.05, 4.69) is 49.9 Å². The summed E-state index contributed by atoms with van der Waals surface area (Å²) in [5, 5.41) is 14.5. The minimum Gasteiger partial charge on any atom is -0.465 e. The Hall–Kier alpha value is -4.53. The molecule has 1 N–H and O–H groups in total. The number of rotatable bonds is 7. The predicted molar refractivity (Wildman–Crippen MR) is 140 cm³/mol. The first-order valence-electron chi connectivity index (χ1n) is 12.1. The molecule has 0 radical (unpaired) electrons. The van der Waals surface area contributed by atoms with E-state index in [1.165, 1.54) is 0 Å². The van der Waals surface area contributed by atoms with Crippen molar-refractivity contribution in [3.05, 3.63) is 77.9 Å². The smallest absolute Gasteiger partial charge is 0.340 e. The standard InChI is InChI=1S/C28H28N6O3/c1-5-36-27-29-23-12-8-11-22(26(35)37-28(2,3)4)24(23)34(27)17-18-13-15-19(16-14-18)20-9-6-7-10-21(20)25-30-32-33-31-25/h6-16H,5,17H2,1-4H3,(H,30,31,32,33). The van der Waals surface area contributed by atoms with E-state index in [0.29, 0.717) is 41.6 Å². The van der Waals surface area contributed by atoms with Gasteiger partial charge in [0.05, 0.1) is 29.7 Å². The molecule has 0 atom stereocenters. The van der Waals surface area contributed by atoms with E-state index in [-0.39, 0.29) is 0 Å². The molecule has 0 unspecified atom stereocenters. The van der Waals surface area contributed by atoms with E-state index in [1.807, 2.05) is 68.7 Å². The summed E-state index contributed by atoms with van der Waals surface area (Å²) in [6, 6.07) is 22.1. The van der Waals surface area contributed by atoms with Crippen LogP contribution in [0, 0.1) is 0 Å². The molecule has 5 aromatic rings. The average Bonchev–Trinajstić information content (AvgIpc) is 3.52. The first-order valence-corrected chi connectivity index (χ1v) is 12.1. The number of aromatic amines is 1. The number of para-hydroxylation sites is 1. The number of carbonyl (C=O) groups is 1. The summed E-state index contributed by atoms with van der Waals surface area (Å²) < 4.78 is 13.5. The van der Waals surface area contributed by atoms with Gasteiger partial charge in [0.15, 0.2) is 0 Å². The molecule has 0 spiro atoms. The lowest BCUT2D eigenvalue weighted by atomic mass is 9.98. The Morgan fingerprint density at radius 2 is 1.73 bits per heavy atom. The molecule has 5 rings (SSSR count). The van der Waals surface area contributed by atoms with Crippen LogP contribution in [0.2, 0.25) is 0 Å². The number of hydrogen-bond acceptors (Lipinski definition) is 7. The number of tetrazole rings is 1. The van der Waals surface area contributed by atoms with Crippen molar-refractivity contribution >= 4 is 17.0 Å². The van der Waals surface area contributed by atoms with Crippen LogP contribution in [-0.4, -0.2) is 48.4 Å². The van der Waals surface area contributed by atoms with Crippen LogP contribution in [0.15, 0.2) is 66.7 Å². The Kier molecular flexibility index (Phi) is 6.43. The summed E-state index contributed by atoms with van der Waals surface area (Å²) in [5.74, 6) is 0.149. The van der Waals surface area contributed by atoms with Gasteiger partial charge in [-0.25, -0.2) is 4.79 Å². The van der Waals surface area contributed by atoms with Crippen molar-refractivity contribution in [2.75, 3.05) is 6.61 Å². The maximum Gasteiger partial charge on any atom is 0.340 e. The summed E-state index contributed by atoms with van der Waals surface area (Å²) in [5.41, 5.74) is 5.16. The van der Waals surface area contributed by atoms with Crippen molar-refractivity contribution < 1.29 is 14.3 Å². The van der Waals surface area contributed by atoms with Crippen LogP contribution in [0.4, 0.5) is 0 Å². The minimum absolute atomic E-state index is 0.393. The number of nitrogens with zero attached hydrogens (tertiary/aromatic N) is 5. The summed E-state index contributed by atoms with van der Waals surface area (Å²) in [4.78, 5) is 17.7. The van der Waals surface area contributed by atoms with Gasteiger partial charge in [-0.05, 0) is 61.7 Å². The second-order valence-electron chi connectivity index (χ2n) is 9.57. The van der Waals surface area contributed by atoms with Crippen LogP contribution in [0.1, 0.15) is 43.6 Å². The molecule has 0 fully saturated rings. The first kappa shape index (κ1) is 24.2. The zero-order valence-electron chi connectivity index (χ0n) is 21.2. The fraction of sp³-hybridized carbons (Fsp3) is 0.250. The lowest BCUT2D eigenvalue weighted by molar-refractivity contribution is 0.00713. The van der Waals surface area contributed by atoms with Crippen LogP contribution >= 0.6 is 0 Å². The van der Waals surface area contributed by atoms with Crippen LogP contribution in [-0.2, 0) is 11.3 Å². The lowest BCUT2D eigenvalue weighted by Gasteiger charge is -2.20. The molecule has 0 saturated heterocycles. The summed E-state index contributed by atoms with van der Waals surface area (Å²) >= 11 is 0. The van der Waals surface area contributed by atoms with Crippen LogP contribution in [0.5, 0.6) is 6.01 Å². The fourth-order valence-corrected chi connectivity index (χ4v) is 4.23. The monoisotopic (exact) mass is 496 g/mol. The zero-order chi connectivity index (χ0) is 26.0. The molecular weight excluding hydrogens is 468 g/mol. The number of benzene rings is 3. The number of nitrogens with one attached hydrogen (secondary N) is 1. The summed E-state index contributed by atoms with van der Waals surface area (Å²) in [7, 11) is 0. The highest BCUT2D eigenvalue weighted by Crippen LogP contribution is 2.31. The molecular formula is C28H28N6O3. The van der Waals surface area contributed by atoms with Gasteiger partial charge in [-0.3, -0.25) is 4.57 Å². The van der Waals surface area contributed by atoms with Crippen LogP contribution in [0.25, 0.3) is 33.5 Å². The van der Waals surface area contributed by atoms with Crippen molar-refractivity contribution in [1.29, 1.82) is 0 Å². The maximum atomic E-state index is 13.1. The summed E-state index contributed by atoms with van der Waals surface area (Å²) in [6.07, 6.45) is 0. The Labute approximate surface area is 214 Å². The van der Waals surface area contributed by atoms with Gasteiger partial charge >= 0.3 is 5.97 Å². The number of H-pyrrole nitrogens is 1. The van der Waals surface area contributed by atoms with E-state index >= 15 is 0 Å². The van der Waals surface area contributed by atoms with Gasteiger partial charge in [0, 0.05) is 5.56 Å². The first-order chi connectivity index (χ1) is 17.8. The van der Waals surface area contributed by atoms with Gasteiger partial charge in [-0.1, -0.05) is 54.6 Å². The van der Waals surface area contributed by atoms with Crippen molar-refractivity contribution in [2.45, 2.75) is 39.8 Å². The molecule has 9 nitrogen and oxygen atoms in total. The SMILES string of the molecule is CCOc1nc2cccc(C(=O)OC(C)(C)C)c2n1Cc1ccc(-c2ccccc2-c2nn[nH]n2)cc1. The Bertz CT molecular complexity index is 1530. The second kappa shape index (κ2) is 9.85. The van der Waals surface area contributed by atoms with Gasteiger partial charge in [0.2, 0.25) is 5.82 Å². The third kappa shape index (κ3) is 5.06. The van der Waals surface area contributed by atoms with Gasteiger partial charge in [0.1, 0.15) is 5.60 Å². The number of aromatic nitrogens is 6. The maximum absolute atomic E-state index is 13.1. The molecule has 0 amide bonds. The molecule has 0 aliphatic carbocycles. The molecule has 3 aromatic carbocycles. The molecule has 0 saturated carbocycles. The van der Waals surface area contributed by atoms with E-state index in [9.17, 15) is 4.79 Å². The number of fused-ring (bicyclic) bond motifs is 1. The number of ether oxygens (including phenoxy) is 2. The van der Waals surface area contributed by atoms with Crippen molar-refractivity contribution in [3.63, 3.8) is 0 Å². The zero-order valence-corrected chi connectivity index (χ0v) is 21.2. The van der Waals surface area contributed by atoms with E-state index in [4.69, 9.17) is 9.47 Å². The van der Waals surface area contributed by atoms with Gasteiger partial charge in [-0.15, -0.1) is 10.2 Å². The molecule has 188 valence electrons. The predicted octanol–water partition coefficient (Wildman–Crippen LogP) is 5.29.